The lowest BCUT2D eigenvalue weighted by molar-refractivity contribution is 0.0682. The Bertz CT molecular complexity index is 624. The smallest absolute Gasteiger partial charge is 0.337 e. The van der Waals surface area contributed by atoms with Crippen LogP contribution >= 0.6 is 0 Å². The van der Waals surface area contributed by atoms with Gasteiger partial charge in [0.1, 0.15) is 0 Å². The lowest BCUT2D eigenvalue weighted by Gasteiger charge is -2.10. The van der Waals surface area contributed by atoms with E-state index in [-0.39, 0.29) is 29.8 Å². The molecule has 20 heavy (non-hydrogen) atoms. The third kappa shape index (κ3) is 4.86. The zero-order valence-corrected chi connectivity index (χ0v) is 11.1. The van der Waals surface area contributed by atoms with Gasteiger partial charge < -0.3 is 15.5 Å². The average Bonchev–Trinajstić information content (AvgIpc) is 2.33. The second-order valence-corrected chi connectivity index (χ2v) is 5.51. The van der Waals surface area contributed by atoms with Gasteiger partial charge in [-0.05, 0) is 24.6 Å². The molecule has 4 N–H and O–H groups in total. The summed E-state index contributed by atoms with van der Waals surface area (Å²) in [5.74, 6) is -2.91. The van der Waals surface area contributed by atoms with Gasteiger partial charge in [0.05, 0.1) is 16.9 Å². The molecule has 8 nitrogen and oxygen atoms in total. The Hall–Kier alpha value is -2.13. The van der Waals surface area contributed by atoms with E-state index in [2.05, 4.69) is 5.32 Å². The quantitative estimate of drug-likeness (QED) is 0.427. The van der Waals surface area contributed by atoms with Gasteiger partial charge in [0, 0.05) is 12.2 Å². The van der Waals surface area contributed by atoms with Crippen molar-refractivity contribution in [3.63, 3.8) is 0 Å². The maximum Gasteiger partial charge on any atom is 0.337 e. The van der Waals surface area contributed by atoms with Crippen LogP contribution < -0.4 is 5.32 Å². The van der Waals surface area contributed by atoms with E-state index in [0.29, 0.717) is 0 Å². The summed E-state index contributed by atoms with van der Waals surface area (Å²) < 4.78 is 29.6. The number of benzene rings is 1. The van der Waals surface area contributed by atoms with Crippen molar-refractivity contribution in [1.29, 1.82) is 0 Å². The van der Waals surface area contributed by atoms with Crippen LogP contribution in [0.4, 0.5) is 5.69 Å². The van der Waals surface area contributed by atoms with Gasteiger partial charge in [-0.25, -0.2) is 9.59 Å². The highest BCUT2D eigenvalue weighted by Gasteiger charge is 2.13. The van der Waals surface area contributed by atoms with Crippen LogP contribution in [-0.2, 0) is 10.1 Å². The lowest BCUT2D eigenvalue weighted by Crippen LogP contribution is -2.13. The Kier molecular flexibility index (Phi) is 5.06. The molecule has 1 aromatic rings. The Morgan fingerprint density at radius 1 is 1.15 bits per heavy atom. The monoisotopic (exact) mass is 303 g/mol. The van der Waals surface area contributed by atoms with Crippen molar-refractivity contribution >= 4 is 27.7 Å². The summed E-state index contributed by atoms with van der Waals surface area (Å²) in [5.41, 5.74) is -0.137. The minimum absolute atomic E-state index is 0.0508. The topological polar surface area (TPSA) is 141 Å². The van der Waals surface area contributed by atoms with E-state index in [9.17, 15) is 18.0 Å². The van der Waals surface area contributed by atoms with Gasteiger partial charge >= 0.3 is 11.9 Å². The normalized spacial score (nSPS) is 11.1. The second-order valence-electron chi connectivity index (χ2n) is 3.94. The summed E-state index contributed by atoms with van der Waals surface area (Å²) in [5, 5.41) is 20.4. The predicted molar refractivity (Wildman–Crippen MR) is 69.9 cm³/mol. The van der Waals surface area contributed by atoms with Gasteiger partial charge in [-0.15, -0.1) is 0 Å². The summed E-state index contributed by atoms with van der Waals surface area (Å²) in [6.07, 6.45) is 0.0508. The first-order chi connectivity index (χ1) is 9.20. The van der Waals surface area contributed by atoms with Crippen molar-refractivity contribution in [3.8, 4) is 0 Å². The van der Waals surface area contributed by atoms with E-state index < -0.39 is 27.8 Å². The summed E-state index contributed by atoms with van der Waals surface area (Å²) in [6.45, 7) is 0.0726. The van der Waals surface area contributed by atoms with E-state index >= 15 is 0 Å². The molecule has 0 radical (unpaired) electrons. The van der Waals surface area contributed by atoms with E-state index in [4.69, 9.17) is 14.8 Å². The Balaban J connectivity index is 2.83. The summed E-state index contributed by atoms with van der Waals surface area (Å²) >= 11 is 0. The maximum absolute atomic E-state index is 11.0. The number of carboxylic acids is 2. The fourth-order valence-corrected chi connectivity index (χ4v) is 2.00. The predicted octanol–water partition coefficient (Wildman–Crippen LogP) is 0.773. The van der Waals surface area contributed by atoms with Crippen LogP contribution in [0.1, 0.15) is 27.1 Å². The minimum Gasteiger partial charge on any atom is -0.478 e. The van der Waals surface area contributed by atoms with Gasteiger partial charge in [0.2, 0.25) is 0 Å². The summed E-state index contributed by atoms with van der Waals surface area (Å²) in [4.78, 5) is 21.8. The number of carbonyl (C=O) groups is 2. The third-order valence-electron chi connectivity index (χ3n) is 2.39. The van der Waals surface area contributed by atoms with Crippen LogP contribution in [-0.4, -0.2) is 47.4 Å². The molecule has 0 spiro atoms. The molecule has 0 bridgehead atoms. The van der Waals surface area contributed by atoms with E-state index in [1.54, 1.807) is 0 Å². The van der Waals surface area contributed by atoms with Gasteiger partial charge in [0.25, 0.3) is 10.1 Å². The highest BCUT2D eigenvalue weighted by atomic mass is 32.2. The zero-order chi connectivity index (χ0) is 15.3. The first-order valence-electron chi connectivity index (χ1n) is 5.50. The second kappa shape index (κ2) is 6.35. The number of aromatic carboxylic acids is 2. The van der Waals surface area contributed by atoms with Crippen molar-refractivity contribution in [3.05, 3.63) is 29.3 Å². The van der Waals surface area contributed by atoms with Crippen LogP contribution in [0.2, 0.25) is 0 Å². The van der Waals surface area contributed by atoms with E-state index in [0.717, 1.165) is 18.2 Å². The third-order valence-corrected chi connectivity index (χ3v) is 3.20. The highest BCUT2D eigenvalue weighted by molar-refractivity contribution is 7.85. The number of hydrogen-bond acceptors (Lipinski definition) is 5. The van der Waals surface area contributed by atoms with Gasteiger partial charge in [0.15, 0.2) is 0 Å². The molecule has 0 atom stereocenters. The number of hydrogen-bond donors (Lipinski definition) is 4. The Morgan fingerprint density at radius 2 is 1.80 bits per heavy atom. The molecule has 0 aliphatic heterocycles. The van der Waals surface area contributed by atoms with Crippen LogP contribution in [0, 0.1) is 0 Å². The molecule has 110 valence electrons. The lowest BCUT2D eigenvalue weighted by atomic mass is 10.1. The fraction of sp³-hybridized carbons (Fsp3) is 0.273. The van der Waals surface area contributed by atoms with Crippen LogP contribution in [0.3, 0.4) is 0 Å². The van der Waals surface area contributed by atoms with Gasteiger partial charge in [-0.3, -0.25) is 4.55 Å². The first kappa shape index (κ1) is 15.9. The van der Waals surface area contributed by atoms with E-state index in [1.165, 1.54) is 0 Å². The number of carboxylic acid groups (broad SMARTS) is 2. The molecule has 0 heterocycles. The summed E-state index contributed by atoms with van der Waals surface area (Å²) in [7, 11) is -4.08. The first-order valence-corrected chi connectivity index (χ1v) is 7.11. The maximum atomic E-state index is 11.0. The Labute approximate surface area is 114 Å². The van der Waals surface area contributed by atoms with Gasteiger partial charge in [-0.1, -0.05) is 0 Å². The van der Waals surface area contributed by atoms with Crippen LogP contribution in [0.5, 0.6) is 0 Å². The minimum atomic E-state index is -4.08. The molecule has 0 saturated carbocycles. The zero-order valence-electron chi connectivity index (χ0n) is 10.2. The van der Waals surface area contributed by atoms with Crippen molar-refractivity contribution in [2.75, 3.05) is 17.6 Å². The molecule has 0 unspecified atom stereocenters. The average molecular weight is 303 g/mol. The van der Waals surface area contributed by atoms with Gasteiger partial charge in [-0.2, -0.15) is 8.42 Å². The van der Waals surface area contributed by atoms with Crippen LogP contribution in [0.15, 0.2) is 18.2 Å². The van der Waals surface area contributed by atoms with Crippen molar-refractivity contribution < 1.29 is 32.8 Å². The van der Waals surface area contributed by atoms with Crippen molar-refractivity contribution in [1.82, 2.24) is 0 Å². The number of nitrogens with one attached hydrogen (secondary N) is 1. The molecule has 0 saturated heterocycles. The molecule has 0 aliphatic carbocycles. The molecule has 9 heteroatoms. The molecular weight excluding hydrogens is 290 g/mol. The van der Waals surface area contributed by atoms with Crippen LogP contribution in [0.25, 0.3) is 0 Å². The largest absolute Gasteiger partial charge is 0.478 e. The standard InChI is InChI=1S/C11H13NO7S/c13-10(14)7-2-3-8(11(15)16)9(6-7)12-4-1-5-20(17,18)19/h2-3,6,12H,1,4-5H2,(H,13,14)(H,15,16)(H,17,18,19). The molecule has 0 aromatic heterocycles. The molecule has 0 fully saturated rings. The fourth-order valence-electron chi connectivity index (χ4n) is 1.49. The highest BCUT2D eigenvalue weighted by Crippen LogP contribution is 2.18. The number of anilines is 1. The van der Waals surface area contributed by atoms with Crippen molar-refractivity contribution in [2.45, 2.75) is 6.42 Å². The molecular formula is C11H13NO7S. The van der Waals surface area contributed by atoms with E-state index in [1.807, 2.05) is 0 Å². The molecule has 1 rings (SSSR count). The molecule has 0 aliphatic rings. The van der Waals surface area contributed by atoms with Crippen molar-refractivity contribution in [2.24, 2.45) is 0 Å². The Morgan fingerprint density at radius 3 is 2.30 bits per heavy atom. The summed E-state index contributed by atoms with van der Waals surface area (Å²) in [6, 6.07) is 3.46. The molecule has 0 amide bonds. The molecule has 1 aromatic carbocycles. The number of rotatable bonds is 7. The SMILES string of the molecule is O=C(O)c1ccc(C(=O)O)c(NCCCS(=O)(=O)O)c1.